The van der Waals surface area contributed by atoms with E-state index in [1.807, 2.05) is 58.2 Å². The molecule has 2 N–H and O–H groups in total. The highest BCUT2D eigenvalue weighted by Crippen LogP contribution is 2.49. The third-order valence-electron chi connectivity index (χ3n) is 9.10. The summed E-state index contributed by atoms with van der Waals surface area (Å²) in [6.07, 6.45) is 5.76. The first-order chi connectivity index (χ1) is 20.6. The second-order valence-electron chi connectivity index (χ2n) is 13.4. The van der Waals surface area contributed by atoms with Crippen LogP contribution < -0.4 is 15.0 Å². The molecule has 2 fully saturated rings. The Balaban J connectivity index is 1.77. The number of carbonyl (C=O) groups is 1. The van der Waals surface area contributed by atoms with Crippen molar-refractivity contribution >= 4 is 23.2 Å². The zero-order chi connectivity index (χ0) is 32.6. The Kier molecular flexibility index (Phi) is 10.5. The normalized spacial score (nSPS) is 35.0. The Morgan fingerprint density at radius 3 is 2.68 bits per heavy atom. The lowest BCUT2D eigenvalue weighted by atomic mass is 9.82. The summed E-state index contributed by atoms with van der Waals surface area (Å²) in [5.41, 5.74) is 0.578. The van der Waals surface area contributed by atoms with Crippen LogP contribution >= 0.6 is 11.6 Å². The number of hydroxylamine groups is 2. The zero-order valence-corrected chi connectivity index (χ0v) is 28.4. The number of ether oxygens (including phenoxy) is 3. The highest BCUT2D eigenvalue weighted by atomic mass is 35.5. The van der Waals surface area contributed by atoms with Gasteiger partial charge in [-0.1, -0.05) is 63.1 Å². The molecule has 3 aliphatic heterocycles. The fraction of sp³-hybridized carbons (Fsp3) is 0.618. The van der Waals surface area contributed by atoms with E-state index in [1.54, 1.807) is 24.1 Å². The molecular formula is C34H50ClN3O6. The first-order valence-corrected chi connectivity index (χ1v) is 15.8. The van der Waals surface area contributed by atoms with Gasteiger partial charge in [0.1, 0.15) is 34.3 Å². The molecule has 0 unspecified atom stereocenters. The van der Waals surface area contributed by atoms with E-state index in [9.17, 15) is 9.90 Å². The van der Waals surface area contributed by atoms with Crippen molar-refractivity contribution in [3.8, 4) is 5.75 Å². The molecule has 7 atom stereocenters. The van der Waals surface area contributed by atoms with Crippen molar-refractivity contribution in [1.82, 2.24) is 10.4 Å². The summed E-state index contributed by atoms with van der Waals surface area (Å²) in [5.74, 6) is 0.638. The molecule has 0 aliphatic carbocycles. The summed E-state index contributed by atoms with van der Waals surface area (Å²) < 4.78 is 18.1. The number of allylic oxidation sites excluding steroid dienone is 3. The number of anilines is 1. The van der Waals surface area contributed by atoms with Gasteiger partial charge in [-0.2, -0.15) is 5.06 Å². The van der Waals surface area contributed by atoms with E-state index >= 15 is 0 Å². The molecule has 2 saturated heterocycles. The van der Waals surface area contributed by atoms with Crippen molar-refractivity contribution in [3.63, 3.8) is 0 Å². The van der Waals surface area contributed by atoms with Crippen LogP contribution in [0.3, 0.4) is 0 Å². The number of methoxy groups -OCH3 is 1. The number of epoxide rings is 1. The number of hydrogen-bond acceptors (Lipinski definition) is 8. The Labute approximate surface area is 267 Å². The van der Waals surface area contributed by atoms with Gasteiger partial charge in [0.15, 0.2) is 5.88 Å². The summed E-state index contributed by atoms with van der Waals surface area (Å²) in [6.45, 7) is 17.0. The average Bonchev–Trinajstić information content (AvgIpc) is 3.63. The van der Waals surface area contributed by atoms with Gasteiger partial charge in [0.2, 0.25) is 5.91 Å². The molecule has 0 spiro atoms. The Hall–Kier alpha value is -2.56. The predicted molar refractivity (Wildman–Crippen MR) is 173 cm³/mol. The van der Waals surface area contributed by atoms with Gasteiger partial charge in [-0.15, -0.1) is 0 Å². The average molecular weight is 632 g/mol. The Morgan fingerprint density at radius 1 is 1.32 bits per heavy atom. The van der Waals surface area contributed by atoms with E-state index in [1.165, 1.54) is 0 Å². The lowest BCUT2D eigenvalue weighted by molar-refractivity contribution is -0.204. The van der Waals surface area contributed by atoms with Gasteiger partial charge in [0.25, 0.3) is 0 Å². The molecule has 4 bridgehead atoms. The van der Waals surface area contributed by atoms with Gasteiger partial charge in [0.05, 0.1) is 25.3 Å². The van der Waals surface area contributed by atoms with E-state index in [4.69, 9.17) is 30.6 Å². The largest absolute Gasteiger partial charge is 0.495 e. The maximum absolute atomic E-state index is 13.9. The molecule has 4 rings (SSSR count). The van der Waals surface area contributed by atoms with Crippen LogP contribution in [0.1, 0.15) is 59.9 Å². The highest BCUT2D eigenvalue weighted by molar-refractivity contribution is 6.35. The summed E-state index contributed by atoms with van der Waals surface area (Å²) >= 11 is 6.76. The van der Waals surface area contributed by atoms with E-state index in [0.717, 1.165) is 11.1 Å². The molecule has 0 radical (unpaired) electrons. The molecule has 0 saturated carbocycles. The van der Waals surface area contributed by atoms with E-state index in [2.05, 4.69) is 32.7 Å². The molecule has 244 valence electrons. The number of aliphatic hydroxyl groups is 1. The standard InChI is InChI=1S/C34H50ClN3O6/c1-20(2)19-37(8)44-29-17-30(39)38(9)26-15-25(16-27(41-10)31(26)35)14-21(3)12-11-13-22(4)34(40)18-28(42-24(6)36-34)23(5)32-33(29,7)43-32/h11-13,15-16,20,22-23,28-29,32,36,40H,6,14,17-19H2,1-5,7-10H3/b13-11+,21-12+/t22-,23-,28+,29+,32+,33+,34+/m1/s1. The SMILES string of the molecule is C=C1N[C@]2(O)C[C@H](O1)[C@@H](C)[C@@H]1O[C@@]1(C)[C@@H](ON(C)CC(C)C)CC(=O)N(C)c1cc(cc(OC)c1Cl)C/C(C)=C/C=C/[C@H]2C. The third kappa shape index (κ3) is 7.45. The monoisotopic (exact) mass is 631 g/mol. The number of fused-ring (bicyclic) bond motifs is 5. The summed E-state index contributed by atoms with van der Waals surface area (Å²) in [7, 11) is 5.17. The van der Waals surface area contributed by atoms with Gasteiger partial charge < -0.3 is 29.5 Å². The van der Waals surface area contributed by atoms with Crippen molar-refractivity contribution in [2.24, 2.45) is 17.8 Å². The zero-order valence-electron chi connectivity index (χ0n) is 27.6. The van der Waals surface area contributed by atoms with Gasteiger partial charge in [0, 0.05) is 38.9 Å². The number of halogens is 1. The fourth-order valence-corrected chi connectivity index (χ4v) is 6.69. The maximum atomic E-state index is 13.9. The molecule has 1 aromatic rings. The molecule has 10 heteroatoms. The van der Waals surface area contributed by atoms with Crippen molar-refractivity contribution in [2.75, 3.05) is 32.6 Å². The molecule has 9 nitrogen and oxygen atoms in total. The van der Waals surface area contributed by atoms with E-state index < -0.39 is 17.4 Å². The first kappa shape index (κ1) is 34.3. The number of benzene rings is 1. The minimum atomic E-state index is -1.26. The number of carbonyl (C=O) groups excluding carboxylic acids is 1. The molecule has 0 aromatic heterocycles. The van der Waals surface area contributed by atoms with E-state index in [0.29, 0.717) is 47.6 Å². The third-order valence-corrected chi connectivity index (χ3v) is 9.48. The first-order valence-electron chi connectivity index (χ1n) is 15.5. The van der Waals surface area contributed by atoms with Crippen LogP contribution in [0.2, 0.25) is 5.02 Å². The summed E-state index contributed by atoms with van der Waals surface area (Å²) in [5, 5.41) is 17.0. The number of nitrogens with zero attached hydrogens (tertiary/aromatic N) is 2. The van der Waals surface area contributed by atoms with Crippen LogP contribution in [-0.4, -0.2) is 73.5 Å². The van der Waals surface area contributed by atoms with Gasteiger partial charge >= 0.3 is 0 Å². The Bertz CT molecular complexity index is 1300. The quantitative estimate of drug-likeness (QED) is 0.320. The lowest BCUT2D eigenvalue weighted by Gasteiger charge is -2.44. The van der Waals surface area contributed by atoms with Crippen LogP contribution in [-0.2, 0) is 25.5 Å². The fourth-order valence-electron chi connectivity index (χ4n) is 6.38. The topological polar surface area (TPSA) is 96.0 Å². The van der Waals surface area contributed by atoms with Crippen molar-refractivity contribution < 1.29 is 28.9 Å². The van der Waals surface area contributed by atoms with Crippen molar-refractivity contribution in [1.29, 1.82) is 0 Å². The van der Waals surface area contributed by atoms with Crippen LogP contribution in [0.5, 0.6) is 5.75 Å². The maximum Gasteiger partial charge on any atom is 0.229 e. The van der Waals surface area contributed by atoms with Crippen molar-refractivity contribution in [3.05, 3.63) is 59.0 Å². The van der Waals surface area contributed by atoms with Gasteiger partial charge in [-0.3, -0.25) is 9.63 Å². The van der Waals surface area contributed by atoms with Gasteiger partial charge in [-0.25, -0.2) is 0 Å². The molecular weight excluding hydrogens is 582 g/mol. The highest BCUT2D eigenvalue weighted by Gasteiger charge is 2.63. The van der Waals surface area contributed by atoms with Crippen LogP contribution in [0, 0.1) is 17.8 Å². The summed E-state index contributed by atoms with van der Waals surface area (Å²) in [4.78, 5) is 22.0. The number of hydrogen-bond donors (Lipinski definition) is 2. The molecule has 3 heterocycles. The minimum absolute atomic E-state index is 0.0607. The number of rotatable bonds is 5. The number of amides is 1. The molecule has 3 aliphatic rings. The predicted octanol–water partition coefficient (Wildman–Crippen LogP) is 5.62. The van der Waals surface area contributed by atoms with Gasteiger partial charge in [-0.05, 0) is 50.5 Å². The van der Waals surface area contributed by atoms with Crippen LogP contribution in [0.4, 0.5) is 5.69 Å². The smallest absolute Gasteiger partial charge is 0.229 e. The van der Waals surface area contributed by atoms with Crippen LogP contribution in [0.15, 0.2) is 48.4 Å². The van der Waals surface area contributed by atoms with Crippen LogP contribution in [0.25, 0.3) is 0 Å². The number of nitrogens with one attached hydrogen (secondary N) is 1. The van der Waals surface area contributed by atoms with E-state index in [-0.39, 0.29) is 36.4 Å². The minimum Gasteiger partial charge on any atom is -0.495 e. The second kappa shape index (κ2) is 13.4. The molecule has 1 aromatic carbocycles. The summed E-state index contributed by atoms with van der Waals surface area (Å²) in [6, 6.07) is 3.83. The lowest BCUT2D eigenvalue weighted by Crippen LogP contribution is -2.57. The molecule has 44 heavy (non-hydrogen) atoms. The second-order valence-corrected chi connectivity index (χ2v) is 13.7. The van der Waals surface area contributed by atoms with Crippen molar-refractivity contribution in [2.45, 2.75) is 90.4 Å². The molecule has 1 amide bonds. The Morgan fingerprint density at radius 2 is 2.02 bits per heavy atom.